The summed E-state index contributed by atoms with van der Waals surface area (Å²) < 4.78 is 3.63. The number of aryl methyl sites for hydroxylation is 2. The van der Waals surface area contributed by atoms with E-state index in [4.69, 9.17) is 0 Å². The Bertz CT molecular complexity index is 909. The molecule has 1 saturated carbocycles. The van der Waals surface area contributed by atoms with Crippen LogP contribution in [0.3, 0.4) is 0 Å². The van der Waals surface area contributed by atoms with Gasteiger partial charge in [0.15, 0.2) is 0 Å². The van der Waals surface area contributed by atoms with Crippen LogP contribution in [0.2, 0.25) is 0 Å². The molecule has 0 unspecified atom stereocenters. The number of rotatable bonds is 5. The second-order valence-corrected chi connectivity index (χ2v) is 6.71. The van der Waals surface area contributed by atoms with Gasteiger partial charge in [-0.2, -0.15) is 5.10 Å². The molecule has 1 aromatic carbocycles. The highest BCUT2D eigenvalue weighted by Crippen LogP contribution is 2.40. The molecule has 2 N–H and O–H groups in total. The normalized spacial score (nSPS) is 14.8. The highest BCUT2D eigenvalue weighted by Gasteiger charge is 2.35. The molecule has 1 atom stereocenters. The number of carbonyl (C=O) groups excluding carboxylic acids is 1. The summed E-state index contributed by atoms with van der Waals surface area (Å²) in [6.45, 7) is 0. The van der Waals surface area contributed by atoms with Crippen molar-refractivity contribution >= 4 is 11.8 Å². The fourth-order valence-electron chi connectivity index (χ4n) is 3.13. The Kier molecular flexibility index (Phi) is 4.20. The van der Waals surface area contributed by atoms with E-state index < -0.39 is 0 Å². The monoisotopic (exact) mass is 350 g/mol. The molecule has 1 aliphatic rings. The zero-order valence-electron chi connectivity index (χ0n) is 14.9. The van der Waals surface area contributed by atoms with Crippen LogP contribution in [0, 0.1) is 5.92 Å². The number of nitrogens with zero attached hydrogens (tertiary/aromatic N) is 4. The third-order valence-corrected chi connectivity index (χ3v) is 4.71. The summed E-state index contributed by atoms with van der Waals surface area (Å²) in [6.07, 6.45) is 5.89. The fraction of sp³-hybridized carbons (Fsp3) is 0.316. The van der Waals surface area contributed by atoms with E-state index in [9.17, 15) is 4.79 Å². The standard InChI is InChI=1S/C19H22N6O/c1-24-11-10-20-18(24)17(14-8-9-14)22-19(26)21-16-12-15(23-25(16)2)13-6-4-3-5-7-13/h3-7,10-12,14,17H,8-9H2,1-2H3,(H2,21,22,26)/t17-/m1/s1. The second kappa shape index (κ2) is 6.67. The van der Waals surface area contributed by atoms with Crippen molar-refractivity contribution in [1.82, 2.24) is 24.6 Å². The van der Waals surface area contributed by atoms with Gasteiger partial charge in [0.1, 0.15) is 11.6 Å². The van der Waals surface area contributed by atoms with Crippen molar-refractivity contribution in [3.05, 3.63) is 54.6 Å². The Morgan fingerprint density at radius 1 is 1.23 bits per heavy atom. The Balaban J connectivity index is 1.48. The van der Waals surface area contributed by atoms with Crippen LogP contribution in [0.25, 0.3) is 11.3 Å². The molecule has 0 spiro atoms. The maximum Gasteiger partial charge on any atom is 0.320 e. The van der Waals surface area contributed by atoms with Crippen molar-refractivity contribution in [2.45, 2.75) is 18.9 Å². The number of benzene rings is 1. The van der Waals surface area contributed by atoms with Crippen molar-refractivity contribution in [2.24, 2.45) is 20.0 Å². The Morgan fingerprint density at radius 3 is 2.65 bits per heavy atom. The largest absolute Gasteiger partial charge is 0.336 e. The highest BCUT2D eigenvalue weighted by atomic mass is 16.2. The Hall–Kier alpha value is -3.09. The molecule has 7 heteroatoms. The number of urea groups is 1. The molecule has 0 bridgehead atoms. The first-order valence-corrected chi connectivity index (χ1v) is 8.76. The fourth-order valence-corrected chi connectivity index (χ4v) is 3.13. The van der Waals surface area contributed by atoms with Gasteiger partial charge in [-0.15, -0.1) is 0 Å². The zero-order chi connectivity index (χ0) is 18.1. The van der Waals surface area contributed by atoms with Crippen LogP contribution in [0.5, 0.6) is 0 Å². The van der Waals surface area contributed by atoms with Crippen LogP contribution in [0.1, 0.15) is 24.7 Å². The van der Waals surface area contributed by atoms with E-state index in [1.807, 2.05) is 61.3 Å². The summed E-state index contributed by atoms with van der Waals surface area (Å²) in [6, 6.07) is 11.5. The number of hydrogen-bond donors (Lipinski definition) is 2. The predicted octanol–water partition coefficient (Wildman–Crippen LogP) is 3.09. The first-order chi connectivity index (χ1) is 12.6. The van der Waals surface area contributed by atoms with E-state index in [0.717, 1.165) is 29.9 Å². The van der Waals surface area contributed by atoms with E-state index in [2.05, 4.69) is 20.7 Å². The number of anilines is 1. The van der Waals surface area contributed by atoms with Crippen LogP contribution in [-0.2, 0) is 14.1 Å². The smallest absolute Gasteiger partial charge is 0.320 e. The van der Waals surface area contributed by atoms with Crippen LogP contribution in [0.4, 0.5) is 10.6 Å². The van der Waals surface area contributed by atoms with Crippen LogP contribution < -0.4 is 10.6 Å². The first-order valence-electron chi connectivity index (χ1n) is 8.76. The summed E-state index contributed by atoms with van der Waals surface area (Å²) in [5.41, 5.74) is 1.84. The van der Waals surface area contributed by atoms with Crippen molar-refractivity contribution in [3.8, 4) is 11.3 Å². The van der Waals surface area contributed by atoms with Crippen LogP contribution in [-0.4, -0.2) is 25.4 Å². The zero-order valence-corrected chi connectivity index (χ0v) is 14.9. The van der Waals surface area contributed by atoms with E-state index in [1.165, 1.54) is 0 Å². The van der Waals surface area contributed by atoms with Crippen LogP contribution >= 0.6 is 0 Å². The quantitative estimate of drug-likeness (QED) is 0.742. The third-order valence-electron chi connectivity index (χ3n) is 4.71. The van der Waals surface area contributed by atoms with Gasteiger partial charge in [0, 0.05) is 38.1 Å². The van der Waals surface area contributed by atoms with Gasteiger partial charge in [-0.3, -0.25) is 10.00 Å². The van der Waals surface area contributed by atoms with Gasteiger partial charge < -0.3 is 9.88 Å². The number of carbonyl (C=O) groups is 1. The van der Waals surface area contributed by atoms with E-state index >= 15 is 0 Å². The predicted molar refractivity (Wildman–Crippen MR) is 99.5 cm³/mol. The summed E-state index contributed by atoms with van der Waals surface area (Å²) in [5, 5.41) is 10.5. The molecule has 4 rings (SSSR count). The van der Waals surface area contributed by atoms with Crippen molar-refractivity contribution in [1.29, 1.82) is 0 Å². The summed E-state index contributed by atoms with van der Waals surface area (Å²) >= 11 is 0. The molecule has 0 aliphatic heterocycles. The molecule has 0 saturated heterocycles. The maximum atomic E-state index is 12.6. The molecule has 2 aromatic heterocycles. The minimum Gasteiger partial charge on any atom is -0.336 e. The van der Waals surface area contributed by atoms with Gasteiger partial charge in [-0.25, -0.2) is 9.78 Å². The molecule has 1 fully saturated rings. The Labute approximate surface area is 152 Å². The summed E-state index contributed by atoms with van der Waals surface area (Å²) in [5.74, 6) is 1.99. The van der Waals surface area contributed by atoms with Gasteiger partial charge in [-0.05, 0) is 18.8 Å². The van der Waals surface area contributed by atoms with Crippen molar-refractivity contribution < 1.29 is 4.79 Å². The molecule has 7 nitrogen and oxygen atoms in total. The summed E-state index contributed by atoms with van der Waals surface area (Å²) in [7, 11) is 3.77. The number of hydrogen-bond acceptors (Lipinski definition) is 3. The number of amides is 2. The lowest BCUT2D eigenvalue weighted by molar-refractivity contribution is 0.246. The van der Waals surface area contributed by atoms with E-state index in [0.29, 0.717) is 11.7 Å². The lowest BCUT2D eigenvalue weighted by Gasteiger charge is -2.18. The molecular weight excluding hydrogens is 328 g/mol. The average Bonchev–Trinajstić information content (AvgIpc) is 3.30. The average molecular weight is 350 g/mol. The first kappa shape index (κ1) is 16.4. The van der Waals surface area contributed by atoms with Crippen molar-refractivity contribution in [3.63, 3.8) is 0 Å². The number of imidazole rings is 1. The van der Waals surface area contributed by atoms with Gasteiger partial charge in [0.25, 0.3) is 0 Å². The lowest BCUT2D eigenvalue weighted by Crippen LogP contribution is -2.35. The molecule has 3 aromatic rings. The molecule has 134 valence electrons. The molecule has 26 heavy (non-hydrogen) atoms. The molecule has 2 amide bonds. The van der Waals surface area contributed by atoms with Crippen LogP contribution in [0.15, 0.2) is 48.8 Å². The second-order valence-electron chi connectivity index (χ2n) is 6.71. The SMILES string of the molecule is Cn1ccnc1[C@H](NC(=O)Nc1cc(-c2ccccc2)nn1C)C1CC1. The molecule has 2 heterocycles. The third kappa shape index (κ3) is 3.33. The van der Waals surface area contributed by atoms with Crippen molar-refractivity contribution in [2.75, 3.05) is 5.32 Å². The lowest BCUT2D eigenvalue weighted by atomic mass is 10.1. The van der Waals surface area contributed by atoms with E-state index in [1.54, 1.807) is 10.9 Å². The summed E-state index contributed by atoms with van der Waals surface area (Å²) in [4.78, 5) is 17.0. The minimum absolute atomic E-state index is 0.0724. The minimum atomic E-state index is -0.243. The van der Waals surface area contributed by atoms with Gasteiger partial charge in [0.2, 0.25) is 0 Å². The van der Waals surface area contributed by atoms with E-state index in [-0.39, 0.29) is 12.1 Å². The van der Waals surface area contributed by atoms with Gasteiger partial charge in [-0.1, -0.05) is 30.3 Å². The van der Waals surface area contributed by atoms with Gasteiger partial charge >= 0.3 is 6.03 Å². The molecule has 0 radical (unpaired) electrons. The highest BCUT2D eigenvalue weighted by molar-refractivity contribution is 5.89. The number of aromatic nitrogens is 4. The number of nitrogens with one attached hydrogen (secondary N) is 2. The molecule has 1 aliphatic carbocycles. The molecular formula is C19H22N6O. The topological polar surface area (TPSA) is 76.8 Å². The Morgan fingerprint density at radius 2 is 2.00 bits per heavy atom. The maximum absolute atomic E-state index is 12.6. The van der Waals surface area contributed by atoms with Gasteiger partial charge in [0.05, 0.1) is 11.7 Å².